The second-order valence-electron chi connectivity index (χ2n) is 3.94. The number of ether oxygens (including phenoxy) is 1. The number of rotatable bonds is 2. The van der Waals surface area contributed by atoms with Gasteiger partial charge in [0.15, 0.2) is 5.72 Å². The Morgan fingerprint density at radius 3 is 2.69 bits per heavy atom. The summed E-state index contributed by atoms with van der Waals surface area (Å²) in [5, 5.41) is 12.2. The minimum Gasteiger partial charge on any atom is -0.508 e. The maximum absolute atomic E-state index is 11.9. The summed E-state index contributed by atoms with van der Waals surface area (Å²) in [7, 11) is 0. The molecule has 0 fully saturated rings. The normalized spacial score (nSPS) is 17.2. The topological polar surface area (TPSA) is 58.6 Å². The minimum absolute atomic E-state index is 0.106. The molecule has 4 heteroatoms. The summed E-state index contributed by atoms with van der Waals surface area (Å²) in [5.74, 6) is 0.409. The van der Waals surface area contributed by atoms with E-state index in [9.17, 15) is 9.90 Å². The molecule has 0 aromatic heterocycles. The van der Waals surface area contributed by atoms with Gasteiger partial charge in [-0.25, -0.2) is 0 Å². The van der Waals surface area contributed by atoms with E-state index in [0.29, 0.717) is 24.2 Å². The first-order valence-corrected chi connectivity index (χ1v) is 5.45. The molecule has 16 heavy (non-hydrogen) atoms. The number of fused-ring (bicyclic) bond motifs is 1. The van der Waals surface area contributed by atoms with E-state index in [1.165, 1.54) is 12.1 Å². The van der Waals surface area contributed by atoms with Gasteiger partial charge in [-0.1, -0.05) is 13.8 Å². The van der Waals surface area contributed by atoms with Crippen LogP contribution in [0.3, 0.4) is 0 Å². The van der Waals surface area contributed by atoms with Gasteiger partial charge >= 0.3 is 0 Å². The molecule has 1 aliphatic heterocycles. The van der Waals surface area contributed by atoms with Crippen LogP contribution in [-0.4, -0.2) is 16.7 Å². The largest absolute Gasteiger partial charge is 0.508 e. The summed E-state index contributed by atoms with van der Waals surface area (Å²) in [5.41, 5.74) is -0.173. The number of nitrogens with one attached hydrogen (secondary N) is 1. The number of carbonyl (C=O) groups is 1. The molecule has 4 nitrogen and oxygen atoms in total. The molecule has 86 valence electrons. The van der Waals surface area contributed by atoms with Crippen molar-refractivity contribution in [2.24, 2.45) is 0 Å². The molecule has 0 saturated heterocycles. The van der Waals surface area contributed by atoms with E-state index in [1.807, 2.05) is 13.8 Å². The van der Waals surface area contributed by atoms with Crippen molar-refractivity contribution < 1.29 is 14.6 Å². The molecule has 0 bridgehead atoms. The number of hydrogen-bond acceptors (Lipinski definition) is 3. The van der Waals surface area contributed by atoms with Crippen LogP contribution in [0.25, 0.3) is 0 Å². The van der Waals surface area contributed by atoms with Crippen molar-refractivity contribution in [1.82, 2.24) is 5.32 Å². The number of phenolic OH excluding ortho intramolecular Hbond substituents is 1. The number of phenols is 1. The smallest absolute Gasteiger partial charge is 0.258 e. The molecule has 0 saturated carbocycles. The third-order valence-electron chi connectivity index (χ3n) is 3.00. The molecule has 2 rings (SSSR count). The molecule has 0 atom stereocenters. The Kier molecular flexibility index (Phi) is 2.50. The van der Waals surface area contributed by atoms with Crippen molar-refractivity contribution in [2.45, 2.75) is 32.4 Å². The Bertz CT molecular complexity index is 424. The minimum atomic E-state index is -0.641. The molecule has 1 aromatic carbocycles. The molecule has 1 heterocycles. The highest BCUT2D eigenvalue weighted by Crippen LogP contribution is 2.33. The van der Waals surface area contributed by atoms with Gasteiger partial charge in [-0.2, -0.15) is 0 Å². The van der Waals surface area contributed by atoms with Crippen LogP contribution in [0.15, 0.2) is 18.2 Å². The number of hydrogen-bond donors (Lipinski definition) is 2. The average Bonchev–Trinajstić information content (AvgIpc) is 2.28. The fourth-order valence-electron chi connectivity index (χ4n) is 1.86. The summed E-state index contributed by atoms with van der Waals surface area (Å²) < 4.78 is 5.78. The van der Waals surface area contributed by atoms with Gasteiger partial charge in [0.1, 0.15) is 11.5 Å². The predicted octanol–water partition coefficient (Wildman–Crippen LogP) is 2.03. The van der Waals surface area contributed by atoms with Crippen molar-refractivity contribution in [3.05, 3.63) is 23.8 Å². The van der Waals surface area contributed by atoms with Gasteiger partial charge in [0.25, 0.3) is 5.91 Å². The van der Waals surface area contributed by atoms with Gasteiger partial charge < -0.3 is 15.2 Å². The summed E-state index contributed by atoms with van der Waals surface area (Å²) in [6.45, 7) is 3.91. The highest BCUT2D eigenvalue weighted by atomic mass is 16.5. The third-order valence-corrected chi connectivity index (χ3v) is 3.00. The lowest BCUT2D eigenvalue weighted by Crippen LogP contribution is -2.55. The average molecular weight is 221 g/mol. The van der Waals surface area contributed by atoms with Crippen LogP contribution in [-0.2, 0) is 0 Å². The monoisotopic (exact) mass is 221 g/mol. The molecule has 1 aliphatic rings. The number of amides is 1. The van der Waals surface area contributed by atoms with Gasteiger partial charge in [0, 0.05) is 18.9 Å². The lowest BCUT2D eigenvalue weighted by molar-refractivity contribution is 0.0125. The van der Waals surface area contributed by atoms with E-state index >= 15 is 0 Å². The molecule has 0 spiro atoms. The fraction of sp³-hybridized carbons (Fsp3) is 0.417. The first kappa shape index (κ1) is 10.8. The molecule has 0 aliphatic carbocycles. The molecular weight excluding hydrogens is 206 g/mol. The Morgan fingerprint density at radius 2 is 2.06 bits per heavy atom. The van der Waals surface area contributed by atoms with Crippen LogP contribution in [0.4, 0.5) is 0 Å². The van der Waals surface area contributed by atoms with Crippen molar-refractivity contribution in [1.29, 1.82) is 0 Å². The van der Waals surface area contributed by atoms with E-state index in [1.54, 1.807) is 6.07 Å². The second kappa shape index (κ2) is 3.70. The third kappa shape index (κ3) is 1.60. The Labute approximate surface area is 94.2 Å². The van der Waals surface area contributed by atoms with Gasteiger partial charge in [0.05, 0.1) is 5.56 Å². The van der Waals surface area contributed by atoms with Crippen LogP contribution >= 0.6 is 0 Å². The first-order chi connectivity index (χ1) is 7.60. The lowest BCUT2D eigenvalue weighted by atomic mass is 10.0. The summed E-state index contributed by atoms with van der Waals surface area (Å²) in [6.07, 6.45) is 1.37. The zero-order valence-electron chi connectivity index (χ0n) is 9.41. The van der Waals surface area contributed by atoms with Crippen molar-refractivity contribution in [3.63, 3.8) is 0 Å². The lowest BCUT2D eigenvalue weighted by Gasteiger charge is -2.37. The van der Waals surface area contributed by atoms with Crippen molar-refractivity contribution in [2.75, 3.05) is 0 Å². The van der Waals surface area contributed by atoms with Gasteiger partial charge in [-0.15, -0.1) is 0 Å². The summed E-state index contributed by atoms with van der Waals surface area (Å²) in [6, 6.07) is 4.52. The second-order valence-corrected chi connectivity index (χ2v) is 3.94. The van der Waals surface area contributed by atoms with Gasteiger partial charge in [-0.05, 0) is 12.1 Å². The van der Waals surface area contributed by atoms with Crippen LogP contribution in [0.2, 0.25) is 0 Å². The molecule has 1 amide bonds. The van der Waals surface area contributed by atoms with Crippen molar-refractivity contribution >= 4 is 5.91 Å². The van der Waals surface area contributed by atoms with E-state index in [0.717, 1.165) is 0 Å². The Morgan fingerprint density at radius 1 is 1.38 bits per heavy atom. The molecule has 2 N–H and O–H groups in total. The highest BCUT2D eigenvalue weighted by molar-refractivity contribution is 5.98. The van der Waals surface area contributed by atoms with Gasteiger partial charge in [0.2, 0.25) is 0 Å². The molecule has 0 radical (unpaired) electrons. The molecule has 0 unspecified atom stereocenters. The number of carbonyl (C=O) groups excluding carboxylic acids is 1. The van der Waals surface area contributed by atoms with E-state index < -0.39 is 5.72 Å². The molecular formula is C12H15NO3. The zero-order chi connectivity index (χ0) is 11.8. The van der Waals surface area contributed by atoms with Crippen LogP contribution < -0.4 is 10.1 Å². The van der Waals surface area contributed by atoms with Crippen LogP contribution in [0, 0.1) is 0 Å². The fourth-order valence-corrected chi connectivity index (χ4v) is 1.86. The number of benzene rings is 1. The van der Waals surface area contributed by atoms with Crippen molar-refractivity contribution in [3.8, 4) is 11.5 Å². The highest BCUT2D eigenvalue weighted by Gasteiger charge is 2.36. The van der Waals surface area contributed by atoms with E-state index in [-0.39, 0.29) is 11.7 Å². The summed E-state index contributed by atoms with van der Waals surface area (Å²) in [4.78, 5) is 11.9. The zero-order valence-corrected chi connectivity index (χ0v) is 9.41. The van der Waals surface area contributed by atoms with E-state index in [2.05, 4.69) is 5.32 Å². The number of aromatic hydroxyl groups is 1. The van der Waals surface area contributed by atoms with Crippen LogP contribution in [0.1, 0.15) is 37.0 Å². The summed E-state index contributed by atoms with van der Waals surface area (Å²) >= 11 is 0. The van der Waals surface area contributed by atoms with Gasteiger partial charge in [-0.3, -0.25) is 4.79 Å². The molecule has 1 aromatic rings. The first-order valence-electron chi connectivity index (χ1n) is 5.45. The predicted molar refractivity (Wildman–Crippen MR) is 59.5 cm³/mol. The maximum Gasteiger partial charge on any atom is 0.258 e. The maximum atomic E-state index is 11.9. The van der Waals surface area contributed by atoms with E-state index in [4.69, 9.17) is 4.74 Å². The van der Waals surface area contributed by atoms with Crippen LogP contribution in [0.5, 0.6) is 11.5 Å². The Balaban J connectivity index is 2.45. The standard InChI is InChI=1S/C12H15NO3/c1-3-12(4-2)13-11(15)9-6-5-8(14)7-10(9)16-12/h5-7,14H,3-4H2,1-2H3,(H,13,15). The Hall–Kier alpha value is -1.71. The SMILES string of the molecule is CCC1(CC)NC(=O)c2ccc(O)cc2O1. The quantitative estimate of drug-likeness (QED) is 0.803.